The summed E-state index contributed by atoms with van der Waals surface area (Å²) in [5.74, 6) is -1.14. The maximum absolute atomic E-state index is 12.3. The van der Waals surface area contributed by atoms with Gasteiger partial charge in [-0.1, -0.05) is 6.07 Å². The molecule has 0 aromatic carbocycles. The molecular weight excluding hydrogens is 316 g/mol. The molecular formula is C14H14N6O2S. The molecule has 0 unspecified atom stereocenters. The number of amides is 2. The molecule has 0 aliphatic rings. The highest BCUT2D eigenvalue weighted by molar-refractivity contribution is 7.13. The molecule has 0 saturated heterocycles. The molecule has 118 valence electrons. The molecule has 2 amide bonds. The van der Waals surface area contributed by atoms with Gasteiger partial charge in [0, 0.05) is 12.7 Å². The summed E-state index contributed by atoms with van der Waals surface area (Å²) in [6.07, 6.45) is 1.56. The number of aromatic amines is 1. The monoisotopic (exact) mass is 330 g/mol. The van der Waals surface area contributed by atoms with Crippen LogP contribution in [0.15, 0.2) is 29.8 Å². The molecule has 3 aromatic heterocycles. The molecule has 0 aliphatic heterocycles. The Bertz CT molecular complexity index is 849. The van der Waals surface area contributed by atoms with Crippen molar-refractivity contribution in [2.24, 2.45) is 5.73 Å². The number of thiophene rings is 1. The molecule has 3 aromatic rings. The van der Waals surface area contributed by atoms with Gasteiger partial charge in [0.05, 0.1) is 16.3 Å². The third-order valence-electron chi connectivity index (χ3n) is 3.16. The van der Waals surface area contributed by atoms with Gasteiger partial charge in [0.1, 0.15) is 0 Å². The molecule has 8 nitrogen and oxygen atoms in total. The van der Waals surface area contributed by atoms with Crippen LogP contribution in [-0.4, -0.2) is 31.8 Å². The molecule has 0 bridgehead atoms. The number of nitrogens with zero attached hydrogens (tertiary/aromatic N) is 3. The maximum Gasteiger partial charge on any atom is 0.276 e. The van der Waals surface area contributed by atoms with Crippen LogP contribution in [0.25, 0.3) is 10.6 Å². The van der Waals surface area contributed by atoms with Gasteiger partial charge in [-0.15, -0.1) is 11.3 Å². The Morgan fingerprint density at radius 1 is 1.48 bits per heavy atom. The van der Waals surface area contributed by atoms with E-state index >= 15 is 0 Å². The summed E-state index contributed by atoms with van der Waals surface area (Å²) in [5, 5.41) is 15.4. The zero-order valence-electron chi connectivity index (χ0n) is 12.2. The van der Waals surface area contributed by atoms with E-state index in [4.69, 9.17) is 5.73 Å². The number of rotatable bonds is 5. The van der Waals surface area contributed by atoms with E-state index in [0.29, 0.717) is 6.54 Å². The standard InChI is InChI=1S/C14H14N6O2S/c1-2-20-7-10(12(19-20)13(15)21)16-14(22)9-6-8(17-18-9)11-4-3-5-23-11/h3-7H,2H2,1H3,(H2,15,21)(H,16,22)(H,17,18). The normalized spacial score (nSPS) is 10.7. The van der Waals surface area contributed by atoms with E-state index in [1.807, 2.05) is 24.4 Å². The largest absolute Gasteiger partial charge is 0.364 e. The zero-order chi connectivity index (χ0) is 16.4. The number of hydrogen-bond acceptors (Lipinski definition) is 5. The van der Waals surface area contributed by atoms with Crippen molar-refractivity contribution in [2.45, 2.75) is 13.5 Å². The first-order chi connectivity index (χ1) is 11.1. The van der Waals surface area contributed by atoms with Crippen molar-refractivity contribution in [3.63, 3.8) is 0 Å². The third kappa shape index (κ3) is 2.99. The number of hydrogen-bond donors (Lipinski definition) is 3. The number of nitrogens with two attached hydrogens (primary N) is 1. The second-order valence-electron chi connectivity index (χ2n) is 4.71. The predicted molar refractivity (Wildman–Crippen MR) is 86.3 cm³/mol. The SMILES string of the molecule is CCn1cc(NC(=O)c2cc(-c3cccs3)[nH]n2)c(C(N)=O)n1. The average molecular weight is 330 g/mol. The molecule has 0 aliphatic carbocycles. The molecule has 9 heteroatoms. The van der Waals surface area contributed by atoms with Gasteiger partial charge in [-0.2, -0.15) is 10.2 Å². The Hall–Kier alpha value is -2.94. The van der Waals surface area contributed by atoms with E-state index in [1.54, 1.807) is 23.6 Å². The first-order valence-electron chi connectivity index (χ1n) is 6.86. The van der Waals surface area contributed by atoms with E-state index in [2.05, 4.69) is 20.6 Å². The molecule has 0 radical (unpaired) electrons. The fourth-order valence-electron chi connectivity index (χ4n) is 2.04. The summed E-state index contributed by atoms with van der Waals surface area (Å²) in [7, 11) is 0. The minimum Gasteiger partial charge on any atom is -0.364 e. The lowest BCUT2D eigenvalue weighted by Gasteiger charge is -2.00. The van der Waals surface area contributed by atoms with Crippen LogP contribution in [0.2, 0.25) is 0 Å². The van der Waals surface area contributed by atoms with Crippen molar-refractivity contribution < 1.29 is 9.59 Å². The van der Waals surface area contributed by atoms with Crippen molar-refractivity contribution in [1.29, 1.82) is 0 Å². The lowest BCUT2D eigenvalue weighted by Crippen LogP contribution is -2.18. The number of H-pyrrole nitrogens is 1. The van der Waals surface area contributed by atoms with Crippen LogP contribution in [0.4, 0.5) is 5.69 Å². The number of aromatic nitrogens is 4. The Kier molecular flexibility index (Phi) is 3.94. The maximum atomic E-state index is 12.3. The third-order valence-corrected chi connectivity index (χ3v) is 4.07. The second-order valence-corrected chi connectivity index (χ2v) is 5.66. The molecule has 0 atom stereocenters. The summed E-state index contributed by atoms with van der Waals surface area (Å²) in [4.78, 5) is 24.7. The van der Waals surface area contributed by atoms with Gasteiger partial charge >= 0.3 is 0 Å². The number of aryl methyl sites for hydroxylation is 1. The molecule has 4 N–H and O–H groups in total. The lowest BCUT2D eigenvalue weighted by molar-refractivity contribution is 0.0995. The highest BCUT2D eigenvalue weighted by Crippen LogP contribution is 2.23. The zero-order valence-corrected chi connectivity index (χ0v) is 13.1. The average Bonchev–Trinajstić information content (AvgIpc) is 3.26. The highest BCUT2D eigenvalue weighted by atomic mass is 32.1. The minimum atomic E-state index is -0.700. The van der Waals surface area contributed by atoms with Gasteiger partial charge in [-0.3, -0.25) is 19.4 Å². The summed E-state index contributed by atoms with van der Waals surface area (Å²) >= 11 is 1.54. The number of anilines is 1. The van der Waals surface area contributed by atoms with Crippen molar-refractivity contribution >= 4 is 28.8 Å². The predicted octanol–water partition coefficient (Wildman–Crippen LogP) is 1.71. The van der Waals surface area contributed by atoms with E-state index in [0.717, 1.165) is 10.6 Å². The van der Waals surface area contributed by atoms with Crippen LogP contribution < -0.4 is 11.1 Å². The Balaban J connectivity index is 1.82. The van der Waals surface area contributed by atoms with Gasteiger partial charge in [0.2, 0.25) is 0 Å². The Labute approximate surface area is 135 Å². The number of carbonyl (C=O) groups is 2. The highest BCUT2D eigenvalue weighted by Gasteiger charge is 2.18. The Morgan fingerprint density at radius 2 is 2.30 bits per heavy atom. The number of carbonyl (C=O) groups excluding carboxylic acids is 2. The second kappa shape index (κ2) is 6.05. The van der Waals surface area contributed by atoms with Gasteiger partial charge in [-0.05, 0) is 24.4 Å². The minimum absolute atomic E-state index is 0.0224. The fourth-order valence-corrected chi connectivity index (χ4v) is 2.73. The van der Waals surface area contributed by atoms with E-state index in [9.17, 15) is 9.59 Å². The van der Waals surface area contributed by atoms with Crippen LogP contribution in [0.3, 0.4) is 0 Å². The molecule has 0 saturated carbocycles. The number of primary amides is 1. The van der Waals surface area contributed by atoms with Crippen molar-refractivity contribution in [3.05, 3.63) is 41.2 Å². The molecule has 0 spiro atoms. The van der Waals surface area contributed by atoms with Crippen LogP contribution in [0.5, 0.6) is 0 Å². The van der Waals surface area contributed by atoms with Crippen molar-refractivity contribution in [3.8, 4) is 10.6 Å². The van der Waals surface area contributed by atoms with E-state index < -0.39 is 11.8 Å². The summed E-state index contributed by atoms with van der Waals surface area (Å²) in [6.45, 7) is 2.42. The molecule has 3 heterocycles. The summed E-state index contributed by atoms with van der Waals surface area (Å²) in [6, 6.07) is 5.49. The summed E-state index contributed by atoms with van der Waals surface area (Å²) in [5.41, 5.74) is 6.54. The van der Waals surface area contributed by atoms with E-state index in [1.165, 1.54) is 4.68 Å². The first kappa shape index (κ1) is 15.0. The van der Waals surface area contributed by atoms with Gasteiger partial charge in [0.25, 0.3) is 11.8 Å². The van der Waals surface area contributed by atoms with Gasteiger partial charge in [0.15, 0.2) is 11.4 Å². The van der Waals surface area contributed by atoms with Crippen LogP contribution in [0, 0.1) is 0 Å². The van der Waals surface area contributed by atoms with Crippen LogP contribution in [-0.2, 0) is 6.54 Å². The molecule has 0 fully saturated rings. The van der Waals surface area contributed by atoms with Gasteiger partial charge in [-0.25, -0.2) is 0 Å². The van der Waals surface area contributed by atoms with Crippen LogP contribution in [0.1, 0.15) is 27.9 Å². The quantitative estimate of drug-likeness (QED) is 0.659. The van der Waals surface area contributed by atoms with E-state index in [-0.39, 0.29) is 17.1 Å². The molecule has 23 heavy (non-hydrogen) atoms. The number of nitrogens with one attached hydrogen (secondary N) is 2. The van der Waals surface area contributed by atoms with Crippen LogP contribution >= 0.6 is 11.3 Å². The lowest BCUT2D eigenvalue weighted by atomic mass is 10.3. The molecule has 3 rings (SSSR count). The first-order valence-corrected chi connectivity index (χ1v) is 7.74. The fraction of sp³-hybridized carbons (Fsp3) is 0.143. The van der Waals surface area contributed by atoms with Crippen molar-refractivity contribution in [2.75, 3.05) is 5.32 Å². The topological polar surface area (TPSA) is 119 Å². The van der Waals surface area contributed by atoms with Gasteiger partial charge < -0.3 is 11.1 Å². The Morgan fingerprint density at radius 3 is 2.96 bits per heavy atom. The smallest absolute Gasteiger partial charge is 0.276 e. The van der Waals surface area contributed by atoms with Crippen molar-refractivity contribution in [1.82, 2.24) is 20.0 Å². The summed E-state index contributed by atoms with van der Waals surface area (Å²) < 4.78 is 1.53.